The molecule has 0 fully saturated rings. The van der Waals surface area contributed by atoms with E-state index in [1.807, 2.05) is 0 Å². The summed E-state index contributed by atoms with van der Waals surface area (Å²) < 4.78 is 31.8. The van der Waals surface area contributed by atoms with Crippen LogP contribution in [0.3, 0.4) is 0 Å². The molecular weight excluding hydrogens is 314 g/mol. The number of hydrogen-bond acceptors (Lipinski definition) is 5. The molecule has 0 aliphatic rings. The summed E-state index contributed by atoms with van der Waals surface area (Å²) in [5, 5.41) is 10.1. The van der Waals surface area contributed by atoms with Crippen LogP contribution in [0.4, 0.5) is 0 Å². The number of nitrogens with one attached hydrogen (secondary N) is 1. The fourth-order valence-electron chi connectivity index (χ4n) is 1.66. The van der Waals surface area contributed by atoms with Crippen LogP contribution in [-0.2, 0) is 16.6 Å². The Kier molecular flexibility index (Phi) is 4.61. The van der Waals surface area contributed by atoms with E-state index in [0.717, 1.165) is 17.4 Å². The van der Waals surface area contributed by atoms with Crippen molar-refractivity contribution in [2.75, 3.05) is 7.11 Å². The van der Waals surface area contributed by atoms with E-state index in [0.29, 0.717) is 11.3 Å². The first-order valence-corrected chi connectivity index (χ1v) is 8.23. The van der Waals surface area contributed by atoms with Gasteiger partial charge >= 0.3 is 5.97 Å². The van der Waals surface area contributed by atoms with Gasteiger partial charge in [0.2, 0.25) is 10.0 Å². The number of carboxylic acids is 1. The van der Waals surface area contributed by atoms with Crippen LogP contribution in [0.15, 0.2) is 39.9 Å². The average molecular weight is 327 g/mol. The van der Waals surface area contributed by atoms with Crippen molar-refractivity contribution in [2.45, 2.75) is 10.8 Å². The Hall–Kier alpha value is -1.90. The van der Waals surface area contributed by atoms with Gasteiger partial charge in [-0.15, -0.1) is 11.3 Å². The van der Waals surface area contributed by atoms with Crippen LogP contribution >= 0.6 is 11.3 Å². The molecular formula is C13H13NO5S2. The number of benzene rings is 1. The first-order valence-electron chi connectivity index (χ1n) is 5.87. The fraction of sp³-hybridized carbons (Fsp3) is 0.154. The molecule has 1 aromatic carbocycles. The Morgan fingerprint density at radius 1 is 1.38 bits per heavy atom. The minimum absolute atomic E-state index is 0.0326. The van der Waals surface area contributed by atoms with E-state index in [1.165, 1.54) is 12.5 Å². The third-order valence-electron chi connectivity index (χ3n) is 2.73. The van der Waals surface area contributed by atoms with E-state index in [9.17, 15) is 13.2 Å². The largest absolute Gasteiger partial charge is 0.496 e. The molecule has 1 heterocycles. The van der Waals surface area contributed by atoms with Crippen molar-refractivity contribution < 1.29 is 23.1 Å². The maximum Gasteiger partial charge on any atom is 0.336 e. The number of carbonyl (C=O) groups is 1. The zero-order valence-electron chi connectivity index (χ0n) is 11.1. The van der Waals surface area contributed by atoms with Crippen LogP contribution in [0.1, 0.15) is 15.9 Å². The summed E-state index contributed by atoms with van der Waals surface area (Å²) in [7, 11) is -2.24. The SMILES string of the molecule is COc1ccccc1CNS(=O)(=O)c1cc(C(=O)O)cs1. The molecule has 2 N–H and O–H groups in total. The van der Waals surface area contributed by atoms with Crippen molar-refractivity contribution >= 4 is 27.3 Å². The molecule has 8 heteroatoms. The maximum atomic E-state index is 12.1. The lowest BCUT2D eigenvalue weighted by molar-refractivity contribution is 0.0697. The van der Waals surface area contributed by atoms with E-state index < -0.39 is 16.0 Å². The monoisotopic (exact) mass is 327 g/mol. The van der Waals surface area contributed by atoms with Crippen molar-refractivity contribution in [3.8, 4) is 5.75 Å². The van der Waals surface area contributed by atoms with E-state index in [-0.39, 0.29) is 16.3 Å². The third-order valence-corrected chi connectivity index (χ3v) is 5.57. The number of thiophene rings is 1. The molecule has 112 valence electrons. The van der Waals surface area contributed by atoms with Gasteiger partial charge in [0.1, 0.15) is 9.96 Å². The van der Waals surface area contributed by atoms with Crippen LogP contribution in [0.5, 0.6) is 5.75 Å². The lowest BCUT2D eigenvalue weighted by Gasteiger charge is -2.09. The fourth-order valence-corrected chi connectivity index (χ4v) is 3.87. The highest BCUT2D eigenvalue weighted by Crippen LogP contribution is 2.22. The summed E-state index contributed by atoms with van der Waals surface area (Å²) in [6.07, 6.45) is 0. The molecule has 0 amide bonds. The predicted octanol–water partition coefficient (Wildman–Crippen LogP) is 1.93. The molecule has 21 heavy (non-hydrogen) atoms. The van der Waals surface area contributed by atoms with E-state index >= 15 is 0 Å². The van der Waals surface area contributed by atoms with Crippen LogP contribution in [0.25, 0.3) is 0 Å². The smallest absolute Gasteiger partial charge is 0.336 e. The molecule has 2 rings (SSSR count). The van der Waals surface area contributed by atoms with E-state index in [4.69, 9.17) is 9.84 Å². The number of aromatic carboxylic acids is 1. The molecule has 0 bridgehead atoms. The van der Waals surface area contributed by atoms with Crippen molar-refractivity contribution in [1.29, 1.82) is 0 Å². The van der Waals surface area contributed by atoms with Gasteiger partial charge < -0.3 is 9.84 Å². The number of methoxy groups -OCH3 is 1. The van der Waals surface area contributed by atoms with Gasteiger partial charge in [0.05, 0.1) is 12.7 Å². The molecule has 0 saturated heterocycles. The topological polar surface area (TPSA) is 92.7 Å². The van der Waals surface area contributed by atoms with Crippen LogP contribution in [0, 0.1) is 0 Å². The number of para-hydroxylation sites is 1. The summed E-state index contributed by atoms with van der Waals surface area (Å²) >= 11 is 0.867. The summed E-state index contributed by atoms with van der Waals surface area (Å²) in [6, 6.07) is 8.18. The molecule has 0 saturated carbocycles. The third kappa shape index (κ3) is 3.60. The Morgan fingerprint density at radius 2 is 2.10 bits per heavy atom. The summed E-state index contributed by atoms with van der Waals surface area (Å²) in [4.78, 5) is 10.8. The highest BCUT2D eigenvalue weighted by atomic mass is 32.2. The van der Waals surface area contributed by atoms with Crippen LogP contribution < -0.4 is 9.46 Å². The standard InChI is InChI=1S/C13H13NO5S2/c1-19-11-5-3-2-4-9(11)7-14-21(17,18)12-6-10(8-20-12)13(15)16/h2-6,8,14H,7H2,1H3,(H,15,16). The van der Waals surface area contributed by atoms with Crippen LogP contribution in [0.2, 0.25) is 0 Å². The normalized spacial score (nSPS) is 11.3. The number of ether oxygens (including phenoxy) is 1. The van der Waals surface area contributed by atoms with Gasteiger partial charge in [0.15, 0.2) is 0 Å². The van der Waals surface area contributed by atoms with Crippen molar-refractivity contribution in [2.24, 2.45) is 0 Å². The molecule has 6 nitrogen and oxygen atoms in total. The number of sulfonamides is 1. The first kappa shape index (κ1) is 15.5. The lowest BCUT2D eigenvalue weighted by Crippen LogP contribution is -2.22. The van der Waals surface area contributed by atoms with Crippen molar-refractivity contribution in [3.05, 3.63) is 46.8 Å². The van der Waals surface area contributed by atoms with Gasteiger partial charge in [-0.3, -0.25) is 0 Å². The molecule has 1 aromatic heterocycles. The predicted molar refractivity (Wildman–Crippen MR) is 78.3 cm³/mol. The quantitative estimate of drug-likeness (QED) is 0.846. The minimum atomic E-state index is -3.75. The van der Waals surface area contributed by atoms with Crippen molar-refractivity contribution in [1.82, 2.24) is 4.72 Å². The summed E-state index contributed by atoms with van der Waals surface area (Å²) in [6.45, 7) is 0.0622. The molecule has 2 aromatic rings. The Morgan fingerprint density at radius 3 is 2.71 bits per heavy atom. The van der Waals surface area contributed by atoms with Gasteiger partial charge in [0.25, 0.3) is 0 Å². The number of hydrogen-bond donors (Lipinski definition) is 2. The Balaban J connectivity index is 2.16. The van der Waals surface area contributed by atoms with E-state index in [2.05, 4.69) is 4.72 Å². The minimum Gasteiger partial charge on any atom is -0.496 e. The Labute approximate surface area is 126 Å². The van der Waals surface area contributed by atoms with Crippen LogP contribution in [-0.4, -0.2) is 26.6 Å². The summed E-state index contributed by atoms with van der Waals surface area (Å²) in [5.74, 6) is -0.574. The average Bonchev–Trinajstić information content (AvgIpc) is 2.96. The van der Waals surface area contributed by atoms with E-state index in [1.54, 1.807) is 24.3 Å². The number of rotatable bonds is 6. The second kappa shape index (κ2) is 6.25. The maximum absolute atomic E-state index is 12.1. The molecule has 0 aliphatic carbocycles. The van der Waals surface area contributed by atoms with Gasteiger partial charge in [-0.05, 0) is 12.1 Å². The lowest BCUT2D eigenvalue weighted by atomic mass is 10.2. The molecule has 0 spiro atoms. The van der Waals surface area contributed by atoms with Gasteiger partial charge in [-0.25, -0.2) is 17.9 Å². The van der Waals surface area contributed by atoms with Gasteiger partial charge in [0, 0.05) is 17.5 Å². The highest BCUT2D eigenvalue weighted by molar-refractivity contribution is 7.91. The molecule has 0 radical (unpaired) electrons. The molecule has 0 atom stereocenters. The molecule has 0 aliphatic heterocycles. The zero-order chi connectivity index (χ0) is 15.5. The van der Waals surface area contributed by atoms with Gasteiger partial charge in [-0.1, -0.05) is 18.2 Å². The van der Waals surface area contributed by atoms with Gasteiger partial charge in [-0.2, -0.15) is 0 Å². The van der Waals surface area contributed by atoms with Crippen molar-refractivity contribution in [3.63, 3.8) is 0 Å². The Bertz CT molecular complexity index is 751. The second-order valence-corrected chi connectivity index (χ2v) is 7.00. The second-order valence-electron chi connectivity index (χ2n) is 4.10. The zero-order valence-corrected chi connectivity index (χ0v) is 12.7. The first-order chi connectivity index (χ1) is 9.94. The summed E-state index contributed by atoms with van der Waals surface area (Å²) in [5.41, 5.74) is 0.649. The number of carboxylic acid groups (broad SMARTS) is 1. The highest BCUT2D eigenvalue weighted by Gasteiger charge is 2.19. The molecule has 0 unspecified atom stereocenters.